The molecule has 2 rings (SSSR count). The molecule has 2 aliphatic rings. The Kier molecular flexibility index (Phi) is 2.60. The first kappa shape index (κ1) is 11.4. The predicted octanol–water partition coefficient (Wildman–Crippen LogP) is -0.0948. The van der Waals surface area contributed by atoms with Crippen LogP contribution >= 0.6 is 0 Å². The molecule has 0 aromatic rings. The zero-order chi connectivity index (χ0) is 11.2. The molecule has 0 amide bonds. The lowest BCUT2D eigenvalue weighted by molar-refractivity contribution is 0.173. The van der Waals surface area contributed by atoms with Gasteiger partial charge in [0.05, 0.1) is 11.5 Å². The summed E-state index contributed by atoms with van der Waals surface area (Å²) in [5.74, 6) is 0.646. The summed E-state index contributed by atoms with van der Waals surface area (Å²) in [6.45, 7) is 5.90. The molecular weight excluding hydrogens is 212 g/mol. The number of piperazine rings is 1. The third-order valence-electron chi connectivity index (χ3n) is 3.24. The van der Waals surface area contributed by atoms with E-state index in [1.807, 2.05) is 0 Å². The molecular formula is C10H20N2O2S. The van der Waals surface area contributed by atoms with Crippen LogP contribution in [0.25, 0.3) is 0 Å². The van der Waals surface area contributed by atoms with Gasteiger partial charge in [-0.05, 0) is 26.7 Å². The lowest BCUT2D eigenvalue weighted by Crippen LogP contribution is -2.71. The smallest absolute Gasteiger partial charge is 0.152 e. The summed E-state index contributed by atoms with van der Waals surface area (Å²) in [6.07, 6.45) is 1.75. The highest BCUT2D eigenvalue weighted by Gasteiger charge is 2.44. The van der Waals surface area contributed by atoms with Crippen molar-refractivity contribution < 1.29 is 8.42 Å². The van der Waals surface area contributed by atoms with E-state index in [0.29, 0.717) is 5.75 Å². The van der Waals surface area contributed by atoms with Crippen LogP contribution in [0.3, 0.4) is 0 Å². The van der Waals surface area contributed by atoms with Crippen molar-refractivity contribution in [1.29, 1.82) is 0 Å². The van der Waals surface area contributed by atoms with E-state index in [9.17, 15) is 8.42 Å². The average Bonchev–Trinajstić information content (AvgIpc) is 1.98. The van der Waals surface area contributed by atoms with Crippen molar-refractivity contribution in [3.63, 3.8) is 0 Å². The van der Waals surface area contributed by atoms with E-state index >= 15 is 0 Å². The zero-order valence-electron chi connectivity index (χ0n) is 9.47. The van der Waals surface area contributed by atoms with Gasteiger partial charge in [-0.1, -0.05) is 0 Å². The first-order valence-electron chi connectivity index (χ1n) is 5.53. The van der Waals surface area contributed by atoms with Crippen molar-refractivity contribution in [2.75, 3.05) is 24.6 Å². The van der Waals surface area contributed by atoms with Crippen LogP contribution in [-0.4, -0.2) is 44.1 Å². The molecule has 2 heterocycles. The summed E-state index contributed by atoms with van der Waals surface area (Å²) in [4.78, 5) is 0. The van der Waals surface area contributed by atoms with Gasteiger partial charge in [0.15, 0.2) is 9.84 Å². The standard InChI is InChI=1S/C10H20N2O2S/c1-9(2)6-11-7-10(12-9)4-3-5-15(13,14)8-10/h11-12H,3-8H2,1-2H3. The summed E-state index contributed by atoms with van der Waals surface area (Å²) in [6, 6.07) is 0. The Hall–Kier alpha value is -0.130. The Morgan fingerprint density at radius 2 is 1.93 bits per heavy atom. The van der Waals surface area contributed by atoms with Gasteiger partial charge in [-0.2, -0.15) is 0 Å². The van der Waals surface area contributed by atoms with Gasteiger partial charge in [-0.3, -0.25) is 0 Å². The van der Waals surface area contributed by atoms with E-state index in [0.717, 1.165) is 25.9 Å². The fraction of sp³-hybridized carbons (Fsp3) is 1.00. The molecule has 88 valence electrons. The maximum absolute atomic E-state index is 11.7. The number of nitrogens with one attached hydrogen (secondary N) is 2. The van der Waals surface area contributed by atoms with Gasteiger partial charge in [-0.25, -0.2) is 8.42 Å². The molecule has 2 fully saturated rings. The van der Waals surface area contributed by atoms with Crippen molar-refractivity contribution in [3.05, 3.63) is 0 Å². The minimum atomic E-state index is -2.84. The summed E-state index contributed by atoms with van der Waals surface area (Å²) in [7, 11) is -2.84. The van der Waals surface area contributed by atoms with Crippen molar-refractivity contribution in [2.45, 2.75) is 37.8 Å². The molecule has 4 nitrogen and oxygen atoms in total. The zero-order valence-corrected chi connectivity index (χ0v) is 10.3. The van der Waals surface area contributed by atoms with Crippen molar-refractivity contribution in [3.8, 4) is 0 Å². The van der Waals surface area contributed by atoms with Crippen LogP contribution in [-0.2, 0) is 9.84 Å². The summed E-state index contributed by atoms with van der Waals surface area (Å²) in [5.41, 5.74) is -0.232. The summed E-state index contributed by atoms with van der Waals surface area (Å²) >= 11 is 0. The van der Waals surface area contributed by atoms with E-state index in [-0.39, 0.29) is 16.8 Å². The number of rotatable bonds is 0. The second-order valence-electron chi connectivity index (χ2n) is 5.59. The van der Waals surface area contributed by atoms with E-state index in [1.165, 1.54) is 0 Å². The maximum Gasteiger partial charge on any atom is 0.152 e. The highest BCUT2D eigenvalue weighted by molar-refractivity contribution is 7.91. The molecule has 0 radical (unpaired) electrons. The monoisotopic (exact) mass is 232 g/mol. The number of hydrogen-bond donors (Lipinski definition) is 2. The van der Waals surface area contributed by atoms with Gasteiger partial charge in [0, 0.05) is 24.2 Å². The Labute approximate surface area is 91.7 Å². The summed E-state index contributed by atoms with van der Waals surface area (Å²) < 4.78 is 23.3. The summed E-state index contributed by atoms with van der Waals surface area (Å²) in [5, 5.41) is 6.87. The van der Waals surface area contributed by atoms with Crippen LogP contribution in [0.5, 0.6) is 0 Å². The molecule has 2 aliphatic heterocycles. The average molecular weight is 232 g/mol. The molecule has 0 aliphatic carbocycles. The highest BCUT2D eigenvalue weighted by atomic mass is 32.2. The minimum Gasteiger partial charge on any atom is -0.313 e. The van der Waals surface area contributed by atoms with Crippen LogP contribution in [0.2, 0.25) is 0 Å². The third-order valence-corrected chi connectivity index (χ3v) is 5.14. The molecule has 1 atom stereocenters. The molecule has 0 aromatic heterocycles. The maximum atomic E-state index is 11.7. The Morgan fingerprint density at radius 3 is 2.53 bits per heavy atom. The molecule has 0 saturated carbocycles. The van der Waals surface area contributed by atoms with Gasteiger partial charge >= 0.3 is 0 Å². The Balaban J connectivity index is 2.19. The van der Waals surface area contributed by atoms with Gasteiger partial charge in [-0.15, -0.1) is 0 Å². The van der Waals surface area contributed by atoms with Crippen LogP contribution in [0.1, 0.15) is 26.7 Å². The second kappa shape index (κ2) is 3.43. The highest BCUT2D eigenvalue weighted by Crippen LogP contribution is 2.27. The van der Waals surface area contributed by atoms with E-state index in [2.05, 4.69) is 24.5 Å². The van der Waals surface area contributed by atoms with Crippen molar-refractivity contribution in [1.82, 2.24) is 10.6 Å². The third kappa shape index (κ3) is 2.52. The second-order valence-corrected chi connectivity index (χ2v) is 7.77. The van der Waals surface area contributed by atoms with Gasteiger partial charge in [0.2, 0.25) is 0 Å². The SMILES string of the molecule is CC1(C)CNCC2(CCCS(=O)(=O)C2)N1. The van der Waals surface area contributed by atoms with Crippen LogP contribution in [0.4, 0.5) is 0 Å². The molecule has 5 heteroatoms. The molecule has 2 N–H and O–H groups in total. The molecule has 0 bridgehead atoms. The van der Waals surface area contributed by atoms with Crippen LogP contribution < -0.4 is 10.6 Å². The lowest BCUT2D eigenvalue weighted by Gasteiger charge is -2.48. The Bertz CT molecular complexity index is 346. The fourth-order valence-corrected chi connectivity index (χ4v) is 4.74. The lowest BCUT2D eigenvalue weighted by atomic mass is 9.87. The first-order valence-corrected chi connectivity index (χ1v) is 7.35. The number of sulfone groups is 1. The largest absolute Gasteiger partial charge is 0.313 e. The molecule has 2 saturated heterocycles. The molecule has 1 unspecified atom stereocenters. The molecule has 15 heavy (non-hydrogen) atoms. The van der Waals surface area contributed by atoms with Crippen molar-refractivity contribution >= 4 is 9.84 Å². The predicted molar refractivity (Wildman–Crippen MR) is 60.7 cm³/mol. The van der Waals surface area contributed by atoms with Gasteiger partial charge < -0.3 is 10.6 Å². The fourth-order valence-electron chi connectivity index (χ4n) is 2.85. The Morgan fingerprint density at radius 1 is 1.20 bits per heavy atom. The van der Waals surface area contributed by atoms with E-state index < -0.39 is 9.84 Å². The van der Waals surface area contributed by atoms with Crippen LogP contribution in [0.15, 0.2) is 0 Å². The van der Waals surface area contributed by atoms with Gasteiger partial charge in [0.1, 0.15) is 0 Å². The first-order chi connectivity index (χ1) is 6.83. The normalized spacial score (nSPS) is 39.1. The van der Waals surface area contributed by atoms with E-state index in [4.69, 9.17) is 0 Å². The molecule has 1 spiro atoms. The molecule has 0 aromatic carbocycles. The minimum absolute atomic E-state index is 0.00882. The number of hydrogen-bond acceptors (Lipinski definition) is 4. The topological polar surface area (TPSA) is 58.2 Å². The van der Waals surface area contributed by atoms with E-state index in [1.54, 1.807) is 0 Å². The van der Waals surface area contributed by atoms with Crippen molar-refractivity contribution in [2.24, 2.45) is 0 Å². The van der Waals surface area contributed by atoms with Gasteiger partial charge in [0.25, 0.3) is 0 Å². The van der Waals surface area contributed by atoms with Crippen LogP contribution in [0, 0.1) is 0 Å². The quantitative estimate of drug-likeness (QED) is 0.612.